The van der Waals surface area contributed by atoms with E-state index >= 15 is 0 Å². The lowest BCUT2D eigenvalue weighted by Gasteiger charge is -2.36. The highest BCUT2D eigenvalue weighted by Crippen LogP contribution is 2.40. The summed E-state index contributed by atoms with van der Waals surface area (Å²) in [6, 6.07) is 12.0. The topological polar surface area (TPSA) is 64.3 Å². The first kappa shape index (κ1) is 19.7. The summed E-state index contributed by atoms with van der Waals surface area (Å²) < 4.78 is 5.94. The van der Waals surface area contributed by atoms with Crippen molar-refractivity contribution in [2.45, 2.75) is 40.0 Å². The molecule has 0 radical (unpaired) electrons. The molecule has 4 heteroatoms. The second-order valence-electron chi connectivity index (χ2n) is 8.22. The Hall–Kier alpha value is -2.07. The highest BCUT2D eigenvalue weighted by Gasteiger charge is 2.35. The van der Waals surface area contributed by atoms with Crippen LogP contribution in [0.15, 0.2) is 36.4 Å². The van der Waals surface area contributed by atoms with Crippen LogP contribution >= 0.6 is 0 Å². The van der Waals surface area contributed by atoms with Crippen LogP contribution in [0.5, 0.6) is 5.75 Å². The van der Waals surface area contributed by atoms with Crippen molar-refractivity contribution in [1.29, 1.82) is 0 Å². The number of benzene rings is 2. The Balaban J connectivity index is 1.89. The van der Waals surface area contributed by atoms with Crippen LogP contribution in [0.4, 0.5) is 5.69 Å². The van der Waals surface area contributed by atoms with Gasteiger partial charge in [-0.1, -0.05) is 57.5 Å². The van der Waals surface area contributed by atoms with Gasteiger partial charge in [0.25, 0.3) is 0 Å². The zero-order chi connectivity index (χ0) is 19.4. The molecule has 0 bridgehead atoms. The van der Waals surface area contributed by atoms with Gasteiger partial charge in [0.15, 0.2) is 5.75 Å². The van der Waals surface area contributed by atoms with E-state index in [-0.39, 0.29) is 11.8 Å². The van der Waals surface area contributed by atoms with Gasteiger partial charge in [0, 0.05) is 17.8 Å². The van der Waals surface area contributed by atoms with E-state index in [9.17, 15) is 4.79 Å². The van der Waals surface area contributed by atoms with Gasteiger partial charge >= 0.3 is 0 Å². The Kier molecular flexibility index (Phi) is 6.38. The molecular weight excluding hydrogens is 336 g/mol. The molecule has 1 amide bonds. The lowest BCUT2D eigenvalue weighted by atomic mass is 9.70. The zero-order valence-corrected chi connectivity index (χ0v) is 16.7. The molecular formula is C23H32N2O2. The van der Waals surface area contributed by atoms with Crippen LogP contribution in [0, 0.1) is 23.7 Å². The fourth-order valence-electron chi connectivity index (χ4n) is 4.39. The van der Waals surface area contributed by atoms with E-state index in [0.29, 0.717) is 30.9 Å². The lowest BCUT2D eigenvalue weighted by Crippen LogP contribution is -2.36. The quantitative estimate of drug-likeness (QED) is 0.768. The number of carbonyl (C=O) groups excluding carboxylic acids is 1. The standard InChI is InChI=1S/C23H32N2O2/c1-15(2)18-10-8-16(3)14-20(18)23(26)25-21-11-9-17-6-4-5-7-19(17)22(21)27-13-12-24/h4-7,9,11,15-16,18,20H,8,10,12-14,24H2,1-3H3,(H,25,26)/t16-,18+,20+/m0/s1. The minimum absolute atomic E-state index is 0.0579. The molecule has 0 heterocycles. The van der Waals surface area contributed by atoms with Crippen molar-refractivity contribution in [3.05, 3.63) is 36.4 Å². The van der Waals surface area contributed by atoms with Crippen LogP contribution < -0.4 is 15.8 Å². The lowest BCUT2D eigenvalue weighted by molar-refractivity contribution is -0.124. The number of hydrogen-bond acceptors (Lipinski definition) is 3. The summed E-state index contributed by atoms with van der Waals surface area (Å²) >= 11 is 0. The highest BCUT2D eigenvalue weighted by atomic mass is 16.5. The number of nitrogens with one attached hydrogen (secondary N) is 1. The van der Waals surface area contributed by atoms with Gasteiger partial charge in [-0.15, -0.1) is 0 Å². The molecule has 0 spiro atoms. The predicted octanol–water partition coefficient (Wildman–Crippen LogP) is 4.82. The molecule has 0 unspecified atom stereocenters. The molecule has 3 N–H and O–H groups in total. The van der Waals surface area contributed by atoms with Gasteiger partial charge in [-0.05, 0) is 42.0 Å². The number of amides is 1. The highest BCUT2D eigenvalue weighted by molar-refractivity contribution is 6.00. The Morgan fingerprint density at radius 2 is 2.00 bits per heavy atom. The molecule has 0 saturated heterocycles. The number of anilines is 1. The van der Waals surface area contributed by atoms with Gasteiger partial charge in [0.1, 0.15) is 6.61 Å². The first-order valence-electron chi connectivity index (χ1n) is 10.2. The van der Waals surface area contributed by atoms with Crippen molar-refractivity contribution in [2.75, 3.05) is 18.5 Å². The fourth-order valence-corrected chi connectivity index (χ4v) is 4.39. The molecule has 3 rings (SSSR count). The number of rotatable bonds is 6. The van der Waals surface area contributed by atoms with Gasteiger partial charge in [-0.25, -0.2) is 0 Å². The molecule has 2 aromatic rings. The molecule has 3 atom stereocenters. The second-order valence-corrected chi connectivity index (χ2v) is 8.22. The van der Waals surface area contributed by atoms with Crippen LogP contribution in [0.2, 0.25) is 0 Å². The minimum atomic E-state index is 0.0579. The number of fused-ring (bicyclic) bond motifs is 1. The maximum Gasteiger partial charge on any atom is 0.227 e. The van der Waals surface area contributed by atoms with E-state index in [0.717, 1.165) is 35.1 Å². The molecule has 0 aliphatic heterocycles. The van der Waals surface area contributed by atoms with Gasteiger partial charge < -0.3 is 15.8 Å². The van der Waals surface area contributed by atoms with Crippen LogP contribution in [0.3, 0.4) is 0 Å². The van der Waals surface area contributed by atoms with Gasteiger partial charge in [0.2, 0.25) is 5.91 Å². The summed E-state index contributed by atoms with van der Waals surface area (Å²) in [4.78, 5) is 13.2. The maximum absolute atomic E-state index is 13.2. The Bertz CT molecular complexity index is 787. The van der Waals surface area contributed by atoms with E-state index in [1.54, 1.807) is 0 Å². The summed E-state index contributed by atoms with van der Waals surface area (Å²) in [6.45, 7) is 7.57. The molecule has 4 nitrogen and oxygen atoms in total. The molecule has 0 aromatic heterocycles. The van der Waals surface area contributed by atoms with Crippen LogP contribution in [0.1, 0.15) is 40.0 Å². The Morgan fingerprint density at radius 3 is 2.74 bits per heavy atom. The summed E-state index contributed by atoms with van der Waals surface area (Å²) in [5, 5.41) is 5.27. The molecule has 1 aliphatic rings. The third kappa shape index (κ3) is 4.44. The van der Waals surface area contributed by atoms with Crippen LogP contribution in [0.25, 0.3) is 10.8 Å². The van der Waals surface area contributed by atoms with Gasteiger partial charge in [-0.2, -0.15) is 0 Å². The second kappa shape index (κ2) is 8.75. The monoisotopic (exact) mass is 368 g/mol. The average molecular weight is 369 g/mol. The summed E-state index contributed by atoms with van der Waals surface area (Å²) in [6.07, 6.45) is 3.31. The van der Waals surface area contributed by atoms with E-state index in [1.807, 2.05) is 36.4 Å². The third-order valence-corrected chi connectivity index (χ3v) is 5.86. The maximum atomic E-state index is 13.2. The van der Waals surface area contributed by atoms with Gasteiger partial charge in [0.05, 0.1) is 5.69 Å². The fraction of sp³-hybridized carbons (Fsp3) is 0.522. The number of carbonyl (C=O) groups is 1. The number of ether oxygens (including phenoxy) is 1. The zero-order valence-electron chi connectivity index (χ0n) is 16.7. The van der Waals surface area contributed by atoms with Crippen LogP contribution in [-0.2, 0) is 4.79 Å². The van der Waals surface area contributed by atoms with E-state index in [1.165, 1.54) is 6.42 Å². The smallest absolute Gasteiger partial charge is 0.227 e. The normalized spacial score (nSPS) is 22.8. The van der Waals surface area contributed by atoms with Crippen LogP contribution in [-0.4, -0.2) is 19.1 Å². The third-order valence-electron chi connectivity index (χ3n) is 5.86. The van der Waals surface area contributed by atoms with Crippen molar-refractivity contribution in [1.82, 2.24) is 0 Å². The van der Waals surface area contributed by atoms with Gasteiger partial charge in [-0.3, -0.25) is 4.79 Å². The number of hydrogen-bond donors (Lipinski definition) is 2. The summed E-state index contributed by atoms with van der Waals surface area (Å²) in [5.74, 6) is 2.45. The van der Waals surface area contributed by atoms with Crippen molar-refractivity contribution in [3.8, 4) is 5.75 Å². The molecule has 146 valence electrons. The van der Waals surface area contributed by atoms with E-state index in [4.69, 9.17) is 10.5 Å². The predicted molar refractivity (Wildman–Crippen MR) is 112 cm³/mol. The summed E-state index contributed by atoms with van der Waals surface area (Å²) in [7, 11) is 0. The molecule has 27 heavy (non-hydrogen) atoms. The molecule has 1 saturated carbocycles. The van der Waals surface area contributed by atoms with E-state index < -0.39 is 0 Å². The Labute approximate surface area is 162 Å². The van der Waals surface area contributed by atoms with Crippen molar-refractivity contribution in [2.24, 2.45) is 29.4 Å². The van der Waals surface area contributed by atoms with E-state index in [2.05, 4.69) is 26.1 Å². The molecule has 1 fully saturated rings. The summed E-state index contributed by atoms with van der Waals surface area (Å²) in [5.41, 5.74) is 6.39. The SMILES string of the molecule is CC(C)[C@H]1CC[C@H](C)C[C@H]1C(=O)Nc1ccc2ccccc2c1OCCN. The average Bonchev–Trinajstić information content (AvgIpc) is 2.66. The molecule has 1 aliphatic carbocycles. The van der Waals surface area contributed by atoms with Crippen molar-refractivity contribution in [3.63, 3.8) is 0 Å². The first-order valence-corrected chi connectivity index (χ1v) is 10.2. The Morgan fingerprint density at radius 1 is 1.22 bits per heavy atom. The minimum Gasteiger partial charge on any atom is -0.489 e. The first-order chi connectivity index (χ1) is 13.0. The number of nitrogens with two attached hydrogens (primary N) is 1. The largest absolute Gasteiger partial charge is 0.489 e. The van der Waals surface area contributed by atoms with Crippen molar-refractivity contribution >= 4 is 22.4 Å². The van der Waals surface area contributed by atoms with Crippen molar-refractivity contribution < 1.29 is 9.53 Å². The molecule has 2 aromatic carbocycles.